The lowest BCUT2D eigenvalue weighted by Gasteiger charge is -2.23. The van der Waals surface area contributed by atoms with Crippen LogP contribution in [0.4, 0.5) is 0 Å². The summed E-state index contributed by atoms with van der Waals surface area (Å²) in [4.78, 5) is 12.2. The van der Waals surface area contributed by atoms with Gasteiger partial charge in [-0.05, 0) is 63.9 Å². The van der Waals surface area contributed by atoms with E-state index < -0.39 is 0 Å². The van der Waals surface area contributed by atoms with Gasteiger partial charge in [-0.2, -0.15) is 5.10 Å². The minimum absolute atomic E-state index is 0.138. The Labute approximate surface area is 132 Å². The maximum Gasteiger partial charge on any atom is 0.234 e. The monoisotopic (exact) mass is 304 g/mol. The Hall–Kier alpha value is -1.36. The van der Waals surface area contributed by atoms with E-state index in [2.05, 4.69) is 29.6 Å². The van der Waals surface area contributed by atoms with E-state index in [0.717, 1.165) is 17.4 Å². The number of rotatable bonds is 8. The molecule has 122 valence electrons. The van der Waals surface area contributed by atoms with Gasteiger partial charge in [0.15, 0.2) is 0 Å². The zero-order valence-electron chi connectivity index (χ0n) is 13.9. The Morgan fingerprint density at radius 3 is 2.45 bits per heavy atom. The van der Waals surface area contributed by atoms with Crippen LogP contribution < -0.4 is 10.6 Å². The quantitative estimate of drug-likeness (QED) is 0.772. The van der Waals surface area contributed by atoms with E-state index in [0.29, 0.717) is 12.6 Å². The van der Waals surface area contributed by atoms with Crippen molar-refractivity contribution in [3.63, 3.8) is 0 Å². The lowest BCUT2D eigenvalue weighted by molar-refractivity contribution is -0.121. The molecule has 1 amide bonds. The first-order chi connectivity index (χ1) is 10.5. The Balaban J connectivity index is 1.43. The van der Waals surface area contributed by atoms with Crippen molar-refractivity contribution in [2.75, 3.05) is 6.54 Å². The van der Waals surface area contributed by atoms with Crippen molar-refractivity contribution >= 4 is 5.91 Å². The van der Waals surface area contributed by atoms with E-state index in [-0.39, 0.29) is 18.0 Å². The highest BCUT2D eigenvalue weighted by atomic mass is 16.2. The maximum atomic E-state index is 12.2. The van der Waals surface area contributed by atoms with Crippen LogP contribution in [0.15, 0.2) is 12.4 Å². The second-order valence-electron chi connectivity index (χ2n) is 7.18. The standard InChI is InChI=1S/C17H28N4O/c1-11-8-19-21(10-11)13(3)12(2)18-9-16(22)20-17(14-4-5-14)15-6-7-15/h8,10,12-15,17-18H,4-7,9H2,1-3H3,(H,20,22)/t12-,13+/m0/s1. The Kier molecular flexibility index (Phi) is 4.52. The smallest absolute Gasteiger partial charge is 0.234 e. The molecule has 1 aromatic rings. The number of nitrogens with zero attached hydrogens (tertiary/aromatic N) is 2. The highest BCUT2D eigenvalue weighted by Crippen LogP contribution is 2.44. The molecule has 2 atom stereocenters. The van der Waals surface area contributed by atoms with Crippen molar-refractivity contribution in [1.29, 1.82) is 0 Å². The number of hydrogen-bond donors (Lipinski definition) is 2. The molecule has 2 N–H and O–H groups in total. The minimum atomic E-state index is 0.138. The summed E-state index contributed by atoms with van der Waals surface area (Å²) in [6.07, 6.45) is 9.08. The topological polar surface area (TPSA) is 59.0 Å². The van der Waals surface area contributed by atoms with Gasteiger partial charge in [-0.15, -0.1) is 0 Å². The molecule has 1 heterocycles. The number of hydrogen-bond acceptors (Lipinski definition) is 3. The second-order valence-corrected chi connectivity index (χ2v) is 7.18. The van der Waals surface area contributed by atoms with E-state index in [4.69, 9.17) is 0 Å². The van der Waals surface area contributed by atoms with Gasteiger partial charge >= 0.3 is 0 Å². The van der Waals surface area contributed by atoms with E-state index >= 15 is 0 Å². The van der Waals surface area contributed by atoms with Crippen molar-refractivity contribution in [1.82, 2.24) is 20.4 Å². The molecule has 5 nitrogen and oxygen atoms in total. The number of nitrogens with one attached hydrogen (secondary N) is 2. The summed E-state index contributed by atoms with van der Waals surface area (Å²) in [7, 11) is 0. The lowest BCUT2D eigenvalue weighted by atomic mass is 10.1. The second kappa shape index (κ2) is 6.41. The summed E-state index contributed by atoms with van der Waals surface area (Å²) in [6.45, 7) is 6.66. The van der Waals surface area contributed by atoms with Crippen LogP contribution in [0.25, 0.3) is 0 Å². The van der Waals surface area contributed by atoms with Gasteiger partial charge < -0.3 is 10.6 Å². The summed E-state index contributed by atoms with van der Waals surface area (Å²) in [5.41, 5.74) is 1.16. The molecule has 0 saturated heterocycles. The summed E-state index contributed by atoms with van der Waals surface area (Å²) < 4.78 is 1.96. The molecule has 0 spiro atoms. The maximum absolute atomic E-state index is 12.2. The third-order valence-corrected chi connectivity index (χ3v) is 5.04. The molecule has 2 aliphatic carbocycles. The molecule has 22 heavy (non-hydrogen) atoms. The van der Waals surface area contributed by atoms with Crippen molar-refractivity contribution in [2.24, 2.45) is 11.8 Å². The van der Waals surface area contributed by atoms with Gasteiger partial charge in [-0.25, -0.2) is 0 Å². The van der Waals surface area contributed by atoms with Gasteiger partial charge in [0.2, 0.25) is 5.91 Å². The molecule has 0 aliphatic heterocycles. The third kappa shape index (κ3) is 3.88. The van der Waals surface area contributed by atoms with Crippen LogP contribution in [-0.2, 0) is 4.79 Å². The molecule has 1 aromatic heterocycles. The van der Waals surface area contributed by atoms with Gasteiger partial charge in [0.05, 0.1) is 18.8 Å². The van der Waals surface area contributed by atoms with Gasteiger partial charge in [0, 0.05) is 18.3 Å². The fraction of sp³-hybridized carbons (Fsp3) is 0.765. The average Bonchev–Trinajstić information content (AvgIpc) is 3.40. The summed E-state index contributed by atoms with van der Waals surface area (Å²) in [5, 5.41) is 10.9. The van der Waals surface area contributed by atoms with Crippen LogP contribution in [0.2, 0.25) is 0 Å². The largest absolute Gasteiger partial charge is 0.352 e. The summed E-state index contributed by atoms with van der Waals surface area (Å²) in [6, 6.07) is 0.866. The van der Waals surface area contributed by atoms with Gasteiger partial charge in [-0.1, -0.05) is 0 Å². The van der Waals surface area contributed by atoms with Crippen molar-refractivity contribution < 1.29 is 4.79 Å². The van der Waals surface area contributed by atoms with Crippen LogP contribution in [-0.4, -0.2) is 34.3 Å². The summed E-state index contributed by atoms with van der Waals surface area (Å²) >= 11 is 0. The molecule has 2 saturated carbocycles. The van der Waals surface area contributed by atoms with E-state index in [1.165, 1.54) is 25.7 Å². The molecule has 3 rings (SSSR count). The molecule has 0 unspecified atom stereocenters. The lowest BCUT2D eigenvalue weighted by Crippen LogP contribution is -2.45. The third-order valence-electron chi connectivity index (χ3n) is 5.04. The van der Waals surface area contributed by atoms with Gasteiger partial charge in [0.1, 0.15) is 0 Å². The number of amides is 1. The normalized spacial score (nSPS) is 20.9. The molecule has 0 radical (unpaired) electrons. The molecule has 0 bridgehead atoms. The molecule has 5 heteroatoms. The number of carbonyl (C=O) groups excluding carboxylic acids is 1. The first kappa shape index (κ1) is 15.5. The number of aromatic nitrogens is 2. The van der Waals surface area contributed by atoms with Crippen LogP contribution >= 0.6 is 0 Å². The number of carbonyl (C=O) groups is 1. The zero-order valence-corrected chi connectivity index (χ0v) is 13.9. The SMILES string of the molecule is Cc1cnn([C@H](C)[C@H](C)NCC(=O)NC(C2CC2)C2CC2)c1. The Bertz CT molecular complexity index is 506. The van der Waals surface area contributed by atoms with Gasteiger partial charge in [0.25, 0.3) is 0 Å². The molecule has 2 fully saturated rings. The Morgan fingerprint density at radius 2 is 1.95 bits per heavy atom. The predicted molar refractivity (Wildman–Crippen MR) is 86.5 cm³/mol. The van der Waals surface area contributed by atoms with Crippen LogP contribution in [0.1, 0.15) is 51.1 Å². The van der Waals surface area contributed by atoms with E-state index in [1.54, 1.807) is 0 Å². The minimum Gasteiger partial charge on any atom is -0.352 e. The average molecular weight is 304 g/mol. The van der Waals surface area contributed by atoms with E-state index in [1.807, 2.05) is 24.0 Å². The van der Waals surface area contributed by atoms with Crippen LogP contribution in [0, 0.1) is 18.8 Å². The van der Waals surface area contributed by atoms with Crippen molar-refractivity contribution in [3.05, 3.63) is 18.0 Å². The molecule has 2 aliphatic rings. The Morgan fingerprint density at radius 1 is 1.32 bits per heavy atom. The van der Waals surface area contributed by atoms with Gasteiger partial charge in [-0.3, -0.25) is 9.48 Å². The van der Waals surface area contributed by atoms with E-state index in [9.17, 15) is 4.79 Å². The van der Waals surface area contributed by atoms with Crippen molar-refractivity contribution in [2.45, 2.75) is 64.6 Å². The molecule has 0 aromatic carbocycles. The predicted octanol–water partition coefficient (Wildman–Crippen LogP) is 2.04. The summed E-state index contributed by atoms with van der Waals surface area (Å²) in [5.74, 6) is 1.64. The zero-order chi connectivity index (χ0) is 15.7. The first-order valence-electron chi connectivity index (χ1n) is 8.58. The molecular formula is C17H28N4O. The van der Waals surface area contributed by atoms with Crippen LogP contribution in [0.3, 0.4) is 0 Å². The number of aryl methyl sites for hydroxylation is 1. The highest BCUT2D eigenvalue weighted by Gasteiger charge is 2.42. The fourth-order valence-corrected chi connectivity index (χ4v) is 3.08. The highest BCUT2D eigenvalue weighted by molar-refractivity contribution is 5.78. The fourth-order valence-electron chi connectivity index (χ4n) is 3.08. The molecular weight excluding hydrogens is 276 g/mol. The van der Waals surface area contributed by atoms with Crippen LogP contribution in [0.5, 0.6) is 0 Å². The first-order valence-corrected chi connectivity index (χ1v) is 8.58. The van der Waals surface area contributed by atoms with Crippen molar-refractivity contribution in [3.8, 4) is 0 Å².